The summed E-state index contributed by atoms with van der Waals surface area (Å²) in [5.74, 6) is -1.28. The van der Waals surface area contributed by atoms with Crippen molar-refractivity contribution in [2.24, 2.45) is 0 Å². The molecule has 1 aromatic carbocycles. The molecule has 19 heavy (non-hydrogen) atoms. The van der Waals surface area contributed by atoms with Crippen molar-refractivity contribution < 1.29 is 17.6 Å². The van der Waals surface area contributed by atoms with Crippen molar-refractivity contribution in [3.05, 3.63) is 46.2 Å². The first-order valence-corrected chi connectivity index (χ1v) is 6.28. The lowest BCUT2D eigenvalue weighted by Crippen LogP contribution is -2.11. The van der Waals surface area contributed by atoms with Crippen molar-refractivity contribution in [3.63, 3.8) is 0 Å². The molecule has 0 amide bonds. The van der Waals surface area contributed by atoms with Crippen LogP contribution in [0.25, 0.3) is 0 Å². The second-order valence-corrected chi connectivity index (χ2v) is 4.85. The van der Waals surface area contributed by atoms with Crippen LogP contribution < -0.4 is 5.32 Å². The number of thiazole rings is 1. The summed E-state index contributed by atoms with van der Waals surface area (Å²) in [7, 11) is 0. The maximum atomic E-state index is 13.1. The number of rotatable bonds is 3. The van der Waals surface area contributed by atoms with E-state index in [0.717, 1.165) is 17.1 Å². The molecule has 0 saturated heterocycles. The Morgan fingerprint density at radius 1 is 1.32 bits per heavy atom. The monoisotopic (exact) mass is 290 g/mol. The lowest BCUT2D eigenvalue weighted by Gasteiger charge is -2.15. The van der Waals surface area contributed by atoms with Crippen molar-refractivity contribution in [2.45, 2.75) is 19.1 Å². The molecule has 7 heteroatoms. The van der Waals surface area contributed by atoms with Gasteiger partial charge in [-0.05, 0) is 25.1 Å². The van der Waals surface area contributed by atoms with Gasteiger partial charge in [-0.3, -0.25) is 0 Å². The number of hydrogen-bond acceptors (Lipinski definition) is 3. The molecule has 0 spiro atoms. The summed E-state index contributed by atoms with van der Waals surface area (Å²) in [6.07, 6.45) is -3.09. The first kappa shape index (κ1) is 13.8. The molecule has 0 radical (unpaired) electrons. The Hall–Kier alpha value is -1.63. The first-order chi connectivity index (χ1) is 8.88. The smallest absolute Gasteiger partial charge is 0.376 e. The average molecular weight is 290 g/mol. The predicted octanol–water partition coefficient (Wildman–Crippen LogP) is 4.47. The van der Waals surface area contributed by atoms with Crippen LogP contribution in [0.5, 0.6) is 0 Å². The number of hydrogen-bond donors (Lipinski definition) is 1. The van der Waals surface area contributed by atoms with Crippen molar-refractivity contribution in [3.8, 4) is 0 Å². The van der Waals surface area contributed by atoms with Gasteiger partial charge >= 0.3 is 6.18 Å². The highest BCUT2D eigenvalue weighted by Crippen LogP contribution is 2.33. The molecule has 1 heterocycles. The number of nitrogens with zero attached hydrogens (tertiary/aromatic N) is 1. The Morgan fingerprint density at radius 2 is 2.05 bits per heavy atom. The normalized spacial score (nSPS) is 13.3. The van der Waals surface area contributed by atoms with E-state index in [-0.39, 0.29) is 11.7 Å². The number of halogens is 4. The molecular weight excluding hydrogens is 280 g/mol. The van der Waals surface area contributed by atoms with E-state index in [2.05, 4.69) is 10.3 Å². The number of alkyl halides is 3. The minimum Gasteiger partial charge on any atom is -0.376 e. The van der Waals surface area contributed by atoms with Crippen LogP contribution in [0, 0.1) is 5.82 Å². The Kier molecular flexibility index (Phi) is 3.75. The van der Waals surface area contributed by atoms with Crippen LogP contribution in [0.4, 0.5) is 23.2 Å². The molecule has 0 saturated carbocycles. The number of anilines is 1. The fourth-order valence-corrected chi connectivity index (χ4v) is 2.24. The van der Waals surface area contributed by atoms with Gasteiger partial charge in [0.2, 0.25) is 0 Å². The van der Waals surface area contributed by atoms with Crippen LogP contribution in [-0.2, 0) is 6.18 Å². The topological polar surface area (TPSA) is 24.9 Å². The van der Waals surface area contributed by atoms with Gasteiger partial charge in [0.15, 0.2) is 0 Å². The summed E-state index contributed by atoms with van der Waals surface area (Å²) in [5, 5.41) is 5.39. The number of benzene rings is 1. The third kappa shape index (κ3) is 3.23. The van der Waals surface area contributed by atoms with E-state index in [1.807, 2.05) is 0 Å². The molecular formula is C12H10F4N2S. The molecule has 1 N–H and O–H groups in total. The summed E-state index contributed by atoms with van der Waals surface area (Å²) in [4.78, 5) is 4.06. The maximum Gasteiger partial charge on any atom is 0.419 e. The molecule has 0 aliphatic rings. The predicted molar refractivity (Wildman–Crippen MR) is 65.6 cm³/mol. The molecule has 102 valence electrons. The van der Waals surface area contributed by atoms with E-state index in [4.69, 9.17) is 0 Å². The third-order valence-electron chi connectivity index (χ3n) is 2.48. The Balaban J connectivity index is 2.22. The zero-order chi connectivity index (χ0) is 14.0. The highest BCUT2D eigenvalue weighted by molar-refractivity contribution is 7.09. The van der Waals surface area contributed by atoms with Gasteiger partial charge in [0.25, 0.3) is 0 Å². The molecule has 1 atom stereocenters. The van der Waals surface area contributed by atoms with Crippen LogP contribution >= 0.6 is 11.3 Å². The molecule has 0 fully saturated rings. The largest absolute Gasteiger partial charge is 0.419 e. The Bertz CT molecular complexity index is 551. The highest BCUT2D eigenvalue weighted by atomic mass is 32.1. The fourth-order valence-electron chi connectivity index (χ4n) is 1.59. The van der Waals surface area contributed by atoms with Crippen molar-refractivity contribution in [2.75, 3.05) is 5.32 Å². The Labute approximate surface area is 111 Å². The van der Waals surface area contributed by atoms with Crippen LogP contribution in [0.3, 0.4) is 0 Å². The van der Waals surface area contributed by atoms with Crippen LogP contribution in [-0.4, -0.2) is 4.98 Å². The zero-order valence-corrected chi connectivity index (χ0v) is 10.6. The SMILES string of the molecule is CC(Nc1ccc(F)c(C(F)(F)F)c1)c1nccs1. The quantitative estimate of drug-likeness (QED) is 0.843. The lowest BCUT2D eigenvalue weighted by atomic mass is 10.1. The van der Waals surface area contributed by atoms with E-state index in [1.165, 1.54) is 17.4 Å². The van der Waals surface area contributed by atoms with E-state index >= 15 is 0 Å². The molecule has 1 aromatic heterocycles. The van der Waals surface area contributed by atoms with Crippen LogP contribution in [0.2, 0.25) is 0 Å². The van der Waals surface area contributed by atoms with E-state index in [9.17, 15) is 17.6 Å². The minimum absolute atomic E-state index is 0.205. The summed E-state index contributed by atoms with van der Waals surface area (Å²) in [6.45, 7) is 1.77. The number of nitrogens with one attached hydrogen (secondary N) is 1. The second-order valence-electron chi connectivity index (χ2n) is 3.93. The summed E-state index contributed by atoms with van der Waals surface area (Å²) in [6, 6.07) is 2.60. The summed E-state index contributed by atoms with van der Waals surface area (Å²) < 4.78 is 50.8. The van der Waals surface area contributed by atoms with Crippen molar-refractivity contribution in [1.29, 1.82) is 0 Å². The van der Waals surface area contributed by atoms with Crippen molar-refractivity contribution in [1.82, 2.24) is 4.98 Å². The van der Waals surface area contributed by atoms with E-state index in [1.54, 1.807) is 18.5 Å². The standard InChI is InChI=1S/C12H10F4N2S/c1-7(11-17-4-5-19-11)18-8-2-3-10(13)9(6-8)12(14,15)16/h2-7,18H,1H3. The van der Waals surface area contributed by atoms with Gasteiger partial charge in [-0.1, -0.05) is 0 Å². The van der Waals surface area contributed by atoms with E-state index < -0.39 is 17.6 Å². The minimum atomic E-state index is -4.70. The van der Waals surface area contributed by atoms with Gasteiger partial charge in [0, 0.05) is 17.3 Å². The van der Waals surface area contributed by atoms with Gasteiger partial charge in [0.05, 0.1) is 11.6 Å². The molecule has 1 unspecified atom stereocenters. The summed E-state index contributed by atoms with van der Waals surface area (Å²) in [5.41, 5.74) is -1.07. The zero-order valence-electron chi connectivity index (χ0n) is 9.83. The van der Waals surface area contributed by atoms with Crippen LogP contribution in [0.1, 0.15) is 23.5 Å². The first-order valence-electron chi connectivity index (χ1n) is 5.40. The van der Waals surface area contributed by atoms with Gasteiger partial charge in [0.1, 0.15) is 10.8 Å². The molecule has 2 nitrogen and oxygen atoms in total. The number of aromatic nitrogens is 1. The molecule has 0 aliphatic heterocycles. The van der Waals surface area contributed by atoms with Gasteiger partial charge in [-0.15, -0.1) is 11.3 Å². The Morgan fingerprint density at radius 3 is 2.63 bits per heavy atom. The van der Waals surface area contributed by atoms with Gasteiger partial charge < -0.3 is 5.32 Å². The molecule has 2 rings (SSSR count). The van der Waals surface area contributed by atoms with Crippen LogP contribution in [0.15, 0.2) is 29.8 Å². The van der Waals surface area contributed by atoms with Gasteiger partial charge in [-0.2, -0.15) is 13.2 Å². The maximum absolute atomic E-state index is 13.1. The highest BCUT2D eigenvalue weighted by Gasteiger charge is 2.34. The van der Waals surface area contributed by atoms with Gasteiger partial charge in [-0.25, -0.2) is 9.37 Å². The average Bonchev–Trinajstić information content (AvgIpc) is 2.83. The fraction of sp³-hybridized carbons (Fsp3) is 0.250. The third-order valence-corrected chi connectivity index (χ3v) is 3.44. The van der Waals surface area contributed by atoms with E-state index in [0.29, 0.717) is 0 Å². The lowest BCUT2D eigenvalue weighted by molar-refractivity contribution is -0.139. The second kappa shape index (κ2) is 5.16. The summed E-state index contributed by atoms with van der Waals surface area (Å²) >= 11 is 1.39. The molecule has 2 aromatic rings. The molecule has 0 aliphatic carbocycles. The van der Waals surface area contributed by atoms with Crippen molar-refractivity contribution >= 4 is 17.0 Å². The molecule has 0 bridgehead atoms.